The van der Waals surface area contributed by atoms with Gasteiger partial charge in [0, 0.05) is 69.6 Å². The zero-order valence-electron chi connectivity index (χ0n) is 33.8. The molecule has 11 nitrogen and oxygen atoms in total. The molecule has 56 heavy (non-hydrogen) atoms. The van der Waals surface area contributed by atoms with Crippen LogP contribution in [-0.2, 0) is 32.5 Å². The average molecular weight is 813 g/mol. The van der Waals surface area contributed by atoms with Gasteiger partial charge in [0.15, 0.2) is 0 Å². The van der Waals surface area contributed by atoms with E-state index < -0.39 is 26.8 Å². The number of aryl methyl sites for hydroxylation is 1. The molecule has 4 aliphatic heterocycles. The Morgan fingerprint density at radius 3 is 2.68 bits per heavy atom. The number of piperazine rings is 1. The molecule has 7 rings (SSSR count). The highest BCUT2D eigenvalue weighted by Crippen LogP contribution is 2.47. The number of hydrogen-bond acceptors (Lipinski definition) is 10. The first-order chi connectivity index (χ1) is 26.9. The molecule has 308 valence electrons. The molecule has 13 heteroatoms. The third-order valence-electron chi connectivity index (χ3n) is 13.1. The van der Waals surface area contributed by atoms with Gasteiger partial charge in [0.2, 0.25) is 10.0 Å². The number of fused-ring (bicyclic) bond motifs is 4. The van der Waals surface area contributed by atoms with Crippen molar-refractivity contribution in [1.82, 2.24) is 19.4 Å². The van der Waals surface area contributed by atoms with Crippen LogP contribution in [0.2, 0.25) is 5.02 Å². The van der Waals surface area contributed by atoms with Gasteiger partial charge in [-0.15, -0.1) is 0 Å². The van der Waals surface area contributed by atoms with Crippen molar-refractivity contribution in [3.63, 3.8) is 0 Å². The smallest absolute Gasteiger partial charge is 0.264 e. The molecule has 0 unspecified atom stereocenters. The number of allylic oxidation sites excluding steroid dienone is 1. The number of morpholine rings is 1. The summed E-state index contributed by atoms with van der Waals surface area (Å²) in [6.07, 6.45) is 10.3. The van der Waals surface area contributed by atoms with Crippen molar-refractivity contribution in [3.8, 4) is 5.75 Å². The van der Waals surface area contributed by atoms with E-state index in [0.29, 0.717) is 54.3 Å². The van der Waals surface area contributed by atoms with E-state index in [9.17, 15) is 13.2 Å². The minimum Gasteiger partial charge on any atom is -0.487 e. The largest absolute Gasteiger partial charge is 0.487 e. The van der Waals surface area contributed by atoms with Crippen LogP contribution in [0, 0.1) is 17.8 Å². The van der Waals surface area contributed by atoms with Gasteiger partial charge in [0.25, 0.3) is 5.91 Å². The zero-order chi connectivity index (χ0) is 39.5. The zero-order valence-corrected chi connectivity index (χ0v) is 35.3. The van der Waals surface area contributed by atoms with Crippen LogP contribution in [0.15, 0.2) is 48.6 Å². The number of halogens is 1. The van der Waals surface area contributed by atoms with E-state index in [-0.39, 0.29) is 11.8 Å². The third kappa shape index (κ3) is 9.43. The Morgan fingerprint density at radius 1 is 1.04 bits per heavy atom. The van der Waals surface area contributed by atoms with Gasteiger partial charge in [-0.05, 0) is 125 Å². The number of sulfonamides is 1. The second-order valence-corrected chi connectivity index (χ2v) is 19.4. The van der Waals surface area contributed by atoms with Crippen molar-refractivity contribution < 1.29 is 27.4 Å². The maximum absolute atomic E-state index is 14.2. The summed E-state index contributed by atoms with van der Waals surface area (Å²) in [5.41, 5.74) is 2.84. The van der Waals surface area contributed by atoms with E-state index in [2.05, 4.69) is 31.6 Å². The molecule has 3 fully saturated rings. The van der Waals surface area contributed by atoms with Gasteiger partial charge < -0.3 is 24.0 Å². The summed E-state index contributed by atoms with van der Waals surface area (Å²) in [4.78, 5) is 23.4. The lowest BCUT2D eigenvalue weighted by Crippen LogP contribution is -2.62. The van der Waals surface area contributed by atoms with Crippen molar-refractivity contribution in [1.29, 1.82) is 0 Å². The molecule has 2 aromatic rings. The minimum atomic E-state index is -4.04. The number of hydrogen-bond donors (Lipinski definition) is 1. The van der Waals surface area contributed by atoms with Crippen LogP contribution in [0.5, 0.6) is 5.75 Å². The predicted molar refractivity (Wildman–Crippen MR) is 222 cm³/mol. The van der Waals surface area contributed by atoms with Crippen molar-refractivity contribution in [3.05, 3.63) is 70.3 Å². The Hall–Kier alpha value is -2.71. The summed E-state index contributed by atoms with van der Waals surface area (Å²) in [5.74, 6) is 0.403. The summed E-state index contributed by atoms with van der Waals surface area (Å²) < 4.78 is 50.1. The van der Waals surface area contributed by atoms with Crippen molar-refractivity contribution in [2.75, 3.05) is 91.7 Å². The SMILES string of the molecule is CO[C@@]1(CN2CCN3CCOC[C@@H]3C2)/C=C/C[C@H](C)[C@@H](CCN(C)C)S(=O)(=O)NC(=O)c2ccc3c(c2)N(CCCCc2cc(Cl)ccc2CO3)C[C@@H]2CC[C@H]21. The molecule has 6 atom stereocenters. The van der Waals surface area contributed by atoms with Gasteiger partial charge in [0.1, 0.15) is 18.0 Å². The van der Waals surface area contributed by atoms with Crippen molar-refractivity contribution >= 4 is 33.2 Å². The molecule has 5 aliphatic rings. The normalized spacial score (nSPS) is 31.1. The molecule has 1 N–H and O–H groups in total. The molecule has 4 heterocycles. The molecule has 0 aromatic heterocycles. The second-order valence-electron chi connectivity index (χ2n) is 17.1. The highest BCUT2D eigenvalue weighted by Gasteiger charge is 2.49. The molecule has 1 saturated carbocycles. The number of carbonyl (C=O) groups is 1. The second kappa shape index (κ2) is 18.1. The van der Waals surface area contributed by atoms with Crippen LogP contribution in [0.1, 0.15) is 66.9 Å². The Bertz CT molecular complexity index is 1830. The van der Waals surface area contributed by atoms with Gasteiger partial charge in [-0.2, -0.15) is 0 Å². The maximum Gasteiger partial charge on any atom is 0.264 e. The number of carbonyl (C=O) groups excluding carboxylic acids is 1. The van der Waals surface area contributed by atoms with Gasteiger partial charge in [-0.3, -0.25) is 14.6 Å². The van der Waals surface area contributed by atoms with Crippen LogP contribution in [-0.4, -0.2) is 133 Å². The lowest BCUT2D eigenvalue weighted by Gasteiger charge is -2.53. The Balaban J connectivity index is 1.27. The van der Waals surface area contributed by atoms with Gasteiger partial charge in [-0.25, -0.2) is 13.1 Å². The fourth-order valence-electron chi connectivity index (χ4n) is 9.70. The summed E-state index contributed by atoms with van der Waals surface area (Å²) in [6, 6.07) is 11.7. The summed E-state index contributed by atoms with van der Waals surface area (Å²) >= 11 is 6.43. The van der Waals surface area contributed by atoms with E-state index in [1.165, 1.54) is 5.56 Å². The fraction of sp³-hybridized carbons (Fsp3) is 0.651. The minimum absolute atomic E-state index is 0.242. The van der Waals surface area contributed by atoms with Crippen LogP contribution >= 0.6 is 11.6 Å². The topological polar surface area (TPSA) is 104 Å². The van der Waals surface area contributed by atoms with Crippen LogP contribution in [0.4, 0.5) is 5.69 Å². The van der Waals surface area contributed by atoms with E-state index in [1.54, 1.807) is 6.07 Å². The standard InChI is InChI=1S/C43H62ClN5O6S/c1-31-8-7-17-43(53-4,30-47-20-21-48-22-23-54-29-37(48)27-47)38-14-11-34(38)26-49-18-6-5-9-32-24-36(44)13-10-35(32)28-55-40-15-12-33(25-39(40)49)42(50)45-56(51,52)41(31)16-19-46(2)3/h7,10,12-13,15,17,24-25,31,34,37-38,41H,5-6,8-9,11,14,16,18-23,26-30H2,1-4H3,(H,45,50)/b17-7+/t31-,34-,37-,38+,41+,43+/m0/s1. The average Bonchev–Trinajstić information content (AvgIpc) is 3.18. The first kappa shape index (κ1) is 41.4. The van der Waals surface area contributed by atoms with Gasteiger partial charge in [-0.1, -0.05) is 36.7 Å². The van der Waals surface area contributed by atoms with Gasteiger partial charge >= 0.3 is 0 Å². The lowest BCUT2D eigenvalue weighted by molar-refractivity contribution is -0.108. The molecule has 1 aliphatic carbocycles. The number of nitrogens with zero attached hydrogens (tertiary/aromatic N) is 4. The number of nitrogens with one attached hydrogen (secondary N) is 1. The molecular formula is C43H62ClN5O6S. The summed E-state index contributed by atoms with van der Waals surface area (Å²) in [7, 11) is 1.70. The Labute approximate surface area is 339 Å². The fourth-order valence-corrected chi connectivity index (χ4v) is 11.6. The van der Waals surface area contributed by atoms with Gasteiger partial charge in [0.05, 0.1) is 24.2 Å². The third-order valence-corrected chi connectivity index (χ3v) is 15.3. The van der Waals surface area contributed by atoms with E-state index in [0.717, 1.165) is 102 Å². The number of anilines is 1. The molecule has 0 spiro atoms. The summed E-state index contributed by atoms with van der Waals surface area (Å²) in [6.45, 7) is 10.7. The summed E-state index contributed by atoms with van der Waals surface area (Å²) in [5, 5.41) is -0.0536. The quantitative estimate of drug-likeness (QED) is 0.379. The first-order valence-electron chi connectivity index (χ1n) is 20.7. The Kier molecular flexibility index (Phi) is 13.4. The molecule has 2 saturated heterocycles. The van der Waals surface area contributed by atoms with Crippen LogP contribution in [0.25, 0.3) is 0 Å². The highest BCUT2D eigenvalue weighted by molar-refractivity contribution is 7.90. The monoisotopic (exact) mass is 811 g/mol. The van der Waals surface area contributed by atoms with Crippen LogP contribution < -0.4 is 14.4 Å². The van der Waals surface area contributed by atoms with Crippen LogP contribution in [0.3, 0.4) is 0 Å². The number of amides is 1. The number of benzene rings is 2. The molecule has 0 radical (unpaired) electrons. The molecule has 2 aromatic carbocycles. The number of methoxy groups -OCH3 is 1. The predicted octanol–water partition coefficient (Wildman–Crippen LogP) is 5.47. The highest BCUT2D eigenvalue weighted by atomic mass is 35.5. The molecule has 1 amide bonds. The molecular weight excluding hydrogens is 750 g/mol. The molecule has 2 bridgehead atoms. The van der Waals surface area contributed by atoms with E-state index >= 15 is 0 Å². The maximum atomic E-state index is 14.2. The van der Waals surface area contributed by atoms with E-state index in [1.807, 2.05) is 63.4 Å². The lowest BCUT2D eigenvalue weighted by atomic mass is 9.63. The van der Waals surface area contributed by atoms with E-state index in [4.69, 9.17) is 25.8 Å². The number of ether oxygens (including phenoxy) is 3. The van der Waals surface area contributed by atoms with Crippen molar-refractivity contribution in [2.45, 2.75) is 75.4 Å². The van der Waals surface area contributed by atoms with Crippen molar-refractivity contribution in [2.24, 2.45) is 17.8 Å². The Morgan fingerprint density at radius 2 is 1.89 bits per heavy atom. The first-order valence-corrected chi connectivity index (χ1v) is 22.6. The number of rotatable bonds is 6.